The highest BCUT2D eigenvalue weighted by Crippen LogP contribution is 2.13. The molecule has 0 aliphatic heterocycles. The van der Waals surface area contributed by atoms with Crippen molar-refractivity contribution in [3.63, 3.8) is 0 Å². The van der Waals surface area contributed by atoms with Gasteiger partial charge in [-0.1, -0.05) is 48.5 Å². The van der Waals surface area contributed by atoms with Crippen LogP contribution in [0.4, 0.5) is 0 Å². The fraction of sp³-hybridized carbons (Fsp3) is 0.143. The van der Waals surface area contributed by atoms with Gasteiger partial charge in [0.05, 0.1) is 24.6 Å². The number of nitrogens with zero attached hydrogens (tertiary/aromatic N) is 3. The molecular weight excluding hydrogens is 454 g/mol. The Balaban J connectivity index is 1.53. The van der Waals surface area contributed by atoms with Crippen molar-refractivity contribution in [3.8, 4) is 5.75 Å². The van der Waals surface area contributed by atoms with Gasteiger partial charge in [0.1, 0.15) is 22.5 Å². The summed E-state index contributed by atoms with van der Waals surface area (Å²) in [7, 11) is 1.62. The lowest BCUT2D eigenvalue weighted by molar-refractivity contribution is 0.0951. The molecule has 0 atom stereocenters. The van der Waals surface area contributed by atoms with Gasteiger partial charge in [-0.25, -0.2) is 4.98 Å². The number of hydrogen-bond acceptors (Lipinski definition) is 5. The molecule has 0 saturated carbocycles. The van der Waals surface area contributed by atoms with Crippen molar-refractivity contribution in [1.29, 1.82) is 5.41 Å². The van der Waals surface area contributed by atoms with Crippen molar-refractivity contribution in [2.45, 2.75) is 13.0 Å². The fourth-order valence-electron chi connectivity index (χ4n) is 4.19. The average molecular weight is 480 g/mol. The van der Waals surface area contributed by atoms with Gasteiger partial charge in [0.2, 0.25) is 0 Å². The van der Waals surface area contributed by atoms with Gasteiger partial charge < -0.3 is 14.6 Å². The lowest BCUT2D eigenvalue weighted by Gasteiger charge is -2.15. The molecule has 0 fully saturated rings. The molecule has 0 saturated heterocycles. The van der Waals surface area contributed by atoms with E-state index in [0.29, 0.717) is 30.8 Å². The first-order chi connectivity index (χ1) is 17.5. The van der Waals surface area contributed by atoms with Crippen LogP contribution in [0.3, 0.4) is 0 Å². The molecule has 180 valence electrons. The molecule has 0 spiro atoms. The van der Waals surface area contributed by atoms with Crippen LogP contribution < -0.4 is 21.1 Å². The molecule has 3 heterocycles. The number of nitrogens with one attached hydrogen (secondary N) is 2. The SMILES string of the molecule is COc1ccc(CCNC(=O)c2cc3c(=O)n4ccccc4nc3n(Cc3ccccc3)c2=N)cc1. The first-order valence-corrected chi connectivity index (χ1v) is 11.6. The van der Waals surface area contributed by atoms with E-state index in [1.807, 2.05) is 54.6 Å². The molecule has 8 heteroatoms. The molecule has 2 aromatic carbocycles. The molecule has 2 N–H and O–H groups in total. The van der Waals surface area contributed by atoms with Crippen LogP contribution in [-0.4, -0.2) is 33.5 Å². The summed E-state index contributed by atoms with van der Waals surface area (Å²) in [5.41, 5.74) is 2.68. The number of pyridine rings is 2. The zero-order valence-corrected chi connectivity index (χ0v) is 19.8. The second kappa shape index (κ2) is 9.87. The molecule has 36 heavy (non-hydrogen) atoms. The van der Waals surface area contributed by atoms with E-state index >= 15 is 0 Å². The molecule has 8 nitrogen and oxygen atoms in total. The maximum absolute atomic E-state index is 13.3. The molecular formula is C28H25N5O3. The molecule has 1 amide bonds. The smallest absolute Gasteiger partial charge is 0.267 e. The van der Waals surface area contributed by atoms with Gasteiger partial charge >= 0.3 is 0 Å². The molecule has 5 rings (SSSR count). The fourth-order valence-corrected chi connectivity index (χ4v) is 4.19. The summed E-state index contributed by atoms with van der Waals surface area (Å²) in [6, 6.07) is 24.1. The summed E-state index contributed by atoms with van der Waals surface area (Å²) in [6.07, 6.45) is 2.27. The van der Waals surface area contributed by atoms with Gasteiger partial charge in [-0.05, 0) is 47.9 Å². The van der Waals surface area contributed by atoms with Crippen LogP contribution >= 0.6 is 0 Å². The van der Waals surface area contributed by atoms with Gasteiger partial charge in [0, 0.05) is 12.7 Å². The second-order valence-corrected chi connectivity index (χ2v) is 8.42. The maximum Gasteiger partial charge on any atom is 0.267 e. The van der Waals surface area contributed by atoms with Crippen LogP contribution in [0, 0.1) is 5.41 Å². The van der Waals surface area contributed by atoms with Gasteiger partial charge in [-0.15, -0.1) is 0 Å². The number of amides is 1. The third kappa shape index (κ3) is 4.48. The van der Waals surface area contributed by atoms with Crippen molar-refractivity contribution in [1.82, 2.24) is 19.3 Å². The lowest BCUT2D eigenvalue weighted by atomic mass is 10.1. The summed E-state index contributed by atoms with van der Waals surface area (Å²) in [6.45, 7) is 0.689. The summed E-state index contributed by atoms with van der Waals surface area (Å²) in [5, 5.41) is 12.1. The zero-order chi connectivity index (χ0) is 25.1. The lowest BCUT2D eigenvalue weighted by Crippen LogP contribution is -2.35. The molecule has 0 aliphatic carbocycles. The number of aromatic nitrogens is 3. The van der Waals surface area contributed by atoms with Crippen LogP contribution in [0.25, 0.3) is 16.7 Å². The summed E-state index contributed by atoms with van der Waals surface area (Å²) in [5.74, 6) is 0.364. The van der Waals surface area contributed by atoms with Crippen molar-refractivity contribution in [2.24, 2.45) is 0 Å². The van der Waals surface area contributed by atoms with Crippen molar-refractivity contribution in [2.75, 3.05) is 13.7 Å². The Morgan fingerprint density at radius 1 is 1.00 bits per heavy atom. The van der Waals surface area contributed by atoms with E-state index in [0.717, 1.165) is 16.9 Å². The molecule has 5 aromatic rings. The number of carbonyl (C=O) groups excluding carboxylic acids is 1. The molecule has 3 aromatic heterocycles. The van der Waals surface area contributed by atoms with E-state index in [1.165, 1.54) is 10.5 Å². The van der Waals surface area contributed by atoms with Crippen molar-refractivity contribution < 1.29 is 9.53 Å². The Morgan fingerprint density at radius 3 is 2.50 bits per heavy atom. The van der Waals surface area contributed by atoms with Crippen LogP contribution in [0.5, 0.6) is 5.75 Å². The normalized spacial score (nSPS) is 11.0. The number of hydrogen-bond donors (Lipinski definition) is 2. The van der Waals surface area contributed by atoms with Crippen molar-refractivity contribution >= 4 is 22.6 Å². The van der Waals surface area contributed by atoms with E-state index in [9.17, 15) is 9.59 Å². The Labute approximate surface area is 207 Å². The number of rotatable bonds is 7. The van der Waals surface area contributed by atoms with E-state index < -0.39 is 5.91 Å². The van der Waals surface area contributed by atoms with E-state index in [-0.39, 0.29) is 22.0 Å². The topological polar surface area (TPSA) is 101 Å². The monoisotopic (exact) mass is 479 g/mol. The molecule has 0 bridgehead atoms. The van der Waals surface area contributed by atoms with Gasteiger partial charge in [0.25, 0.3) is 11.5 Å². The van der Waals surface area contributed by atoms with Crippen LogP contribution in [0.1, 0.15) is 21.5 Å². The Bertz CT molecular complexity index is 1670. The summed E-state index contributed by atoms with van der Waals surface area (Å²) < 4.78 is 8.25. The number of carbonyl (C=O) groups is 1. The number of fused-ring (bicyclic) bond motifs is 2. The Hall–Kier alpha value is -4.72. The van der Waals surface area contributed by atoms with Gasteiger partial charge in [-0.3, -0.25) is 19.4 Å². The van der Waals surface area contributed by atoms with Crippen LogP contribution in [-0.2, 0) is 13.0 Å². The van der Waals surface area contributed by atoms with E-state index in [4.69, 9.17) is 10.1 Å². The molecule has 0 unspecified atom stereocenters. The highest BCUT2D eigenvalue weighted by molar-refractivity contribution is 5.96. The average Bonchev–Trinajstić information content (AvgIpc) is 2.91. The predicted molar refractivity (Wildman–Crippen MR) is 137 cm³/mol. The number of ether oxygens (including phenoxy) is 1. The minimum atomic E-state index is -0.408. The van der Waals surface area contributed by atoms with E-state index in [1.54, 1.807) is 36.1 Å². The Morgan fingerprint density at radius 2 is 1.75 bits per heavy atom. The number of methoxy groups -OCH3 is 1. The third-order valence-corrected chi connectivity index (χ3v) is 6.10. The minimum absolute atomic E-state index is 0.000446. The standard InChI is InChI=1S/C28H25N5O3/c1-36-21-12-10-19(11-13-21)14-15-30-27(34)22-17-23-26(31-24-9-5-6-16-32(24)28(23)35)33(25(22)29)18-20-7-3-2-4-8-20/h2-13,16-17,29H,14-15,18H2,1H3,(H,30,34). The summed E-state index contributed by atoms with van der Waals surface area (Å²) in [4.78, 5) is 31.2. The highest BCUT2D eigenvalue weighted by atomic mass is 16.5. The predicted octanol–water partition coefficient (Wildman–Crippen LogP) is 3.16. The molecule has 0 aliphatic rings. The van der Waals surface area contributed by atoms with Crippen molar-refractivity contribution in [3.05, 3.63) is 118 Å². The molecule has 0 radical (unpaired) electrons. The quantitative estimate of drug-likeness (QED) is 0.350. The maximum atomic E-state index is 13.3. The van der Waals surface area contributed by atoms with Crippen LogP contribution in [0.2, 0.25) is 0 Å². The van der Waals surface area contributed by atoms with E-state index in [2.05, 4.69) is 10.3 Å². The van der Waals surface area contributed by atoms with Gasteiger partial charge in [0.15, 0.2) is 0 Å². The first-order valence-electron chi connectivity index (χ1n) is 11.6. The number of benzene rings is 2. The Kier molecular flexibility index (Phi) is 6.32. The zero-order valence-electron chi connectivity index (χ0n) is 19.8. The van der Waals surface area contributed by atoms with Crippen LogP contribution in [0.15, 0.2) is 89.9 Å². The summed E-state index contributed by atoms with van der Waals surface area (Å²) >= 11 is 0. The first kappa shape index (κ1) is 23.0. The van der Waals surface area contributed by atoms with Gasteiger partial charge in [-0.2, -0.15) is 0 Å². The largest absolute Gasteiger partial charge is 0.497 e. The minimum Gasteiger partial charge on any atom is -0.497 e. The highest BCUT2D eigenvalue weighted by Gasteiger charge is 2.17. The second-order valence-electron chi connectivity index (χ2n) is 8.42. The third-order valence-electron chi connectivity index (χ3n) is 6.10.